The summed E-state index contributed by atoms with van der Waals surface area (Å²) in [4.78, 5) is 31.0. The molecule has 8 heteroatoms. The van der Waals surface area contributed by atoms with E-state index in [1.807, 2.05) is 12.1 Å². The molecule has 32 heavy (non-hydrogen) atoms. The van der Waals surface area contributed by atoms with Crippen molar-refractivity contribution in [2.75, 3.05) is 39.4 Å². The fourth-order valence-corrected chi connectivity index (χ4v) is 4.99. The van der Waals surface area contributed by atoms with Crippen LogP contribution in [-0.2, 0) is 4.74 Å². The molecule has 2 aliphatic rings. The van der Waals surface area contributed by atoms with E-state index in [0.29, 0.717) is 28.1 Å². The normalized spacial score (nSPS) is 19.0. The van der Waals surface area contributed by atoms with Gasteiger partial charge in [0.15, 0.2) is 5.43 Å². The topological polar surface area (TPSA) is 63.0 Å². The van der Waals surface area contributed by atoms with Gasteiger partial charge in [-0.15, -0.1) is 0 Å². The second-order valence-corrected chi connectivity index (χ2v) is 9.43. The molecule has 0 unspecified atom stereocenters. The van der Waals surface area contributed by atoms with Gasteiger partial charge in [-0.1, -0.05) is 39.7 Å². The molecule has 0 bridgehead atoms. The number of fused-ring (bicyclic) bond motifs is 2. The first-order valence-corrected chi connectivity index (χ1v) is 11.8. The minimum absolute atomic E-state index is 0.135. The third-order valence-electron chi connectivity index (χ3n) is 6.09. The van der Waals surface area contributed by atoms with Crippen molar-refractivity contribution in [3.63, 3.8) is 0 Å². The van der Waals surface area contributed by atoms with Crippen LogP contribution >= 0.6 is 27.5 Å². The third-order valence-corrected chi connectivity index (χ3v) is 6.84. The Kier molecular flexibility index (Phi) is 6.07. The van der Waals surface area contributed by atoms with Crippen molar-refractivity contribution in [3.8, 4) is 0 Å². The van der Waals surface area contributed by atoms with Crippen LogP contribution < -0.4 is 5.43 Å². The lowest BCUT2D eigenvalue weighted by Gasteiger charge is -2.29. The van der Waals surface area contributed by atoms with E-state index in [1.165, 1.54) is 0 Å². The molecule has 0 radical (unpaired) electrons. The Morgan fingerprint density at radius 3 is 2.53 bits per heavy atom. The molecular formula is C24H22BrClN2O4. The molecule has 1 aromatic heterocycles. The molecule has 6 nitrogen and oxygen atoms in total. The molecule has 1 saturated heterocycles. The Morgan fingerprint density at radius 2 is 1.78 bits per heavy atom. The van der Waals surface area contributed by atoms with Crippen LogP contribution in [0.3, 0.4) is 0 Å². The predicted molar refractivity (Wildman–Crippen MR) is 126 cm³/mol. The van der Waals surface area contributed by atoms with Crippen LogP contribution in [0.15, 0.2) is 56.1 Å². The smallest absolute Gasteiger partial charge is 0.290 e. The minimum Gasteiger partial charge on any atom is -0.450 e. The van der Waals surface area contributed by atoms with E-state index in [-0.39, 0.29) is 17.1 Å². The average Bonchev–Trinajstić information content (AvgIpc) is 3.08. The summed E-state index contributed by atoms with van der Waals surface area (Å²) in [6, 6.07) is 12.1. The summed E-state index contributed by atoms with van der Waals surface area (Å²) in [5.74, 6) is -0.111. The number of benzene rings is 2. The Balaban J connectivity index is 1.53. The van der Waals surface area contributed by atoms with Crippen molar-refractivity contribution >= 4 is 44.4 Å². The molecule has 1 fully saturated rings. The van der Waals surface area contributed by atoms with Crippen LogP contribution in [0.1, 0.15) is 34.1 Å². The zero-order valence-corrected chi connectivity index (χ0v) is 19.7. The highest BCUT2D eigenvalue weighted by molar-refractivity contribution is 9.10. The summed E-state index contributed by atoms with van der Waals surface area (Å²) in [6.45, 7) is 4.66. The first kappa shape index (κ1) is 21.6. The molecule has 3 aromatic rings. The van der Waals surface area contributed by atoms with E-state index in [2.05, 4.69) is 20.8 Å². The molecule has 166 valence electrons. The van der Waals surface area contributed by atoms with Gasteiger partial charge in [0.2, 0.25) is 5.76 Å². The van der Waals surface area contributed by atoms with Crippen molar-refractivity contribution in [2.45, 2.75) is 12.5 Å². The number of rotatable bonds is 5. The highest BCUT2D eigenvalue weighted by Gasteiger charge is 2.42. The summed E-state index contributed by atoms with van der Waals surface area (Å²) in [5, 5.41) is 1.06. The maximum Gasteiger partial charge on any atom is 0.290 e. The molecule has 0 aliphatic carbocycles. The Labute approximate surface area is 198 Å². The second kappa shape index (κ2) is 8.98. The summed E-state index contributed by atoms with van der Waals surface area (Å²) in [5.41, 5.74) is 1.48. The highest BCUT2D eigenvalue weighted by Crippen LogP contribution is 2.38. The minimum atomic E-state index is -0.501. The number of halogens is 2. The Bertz CT molecular complexity index is 1220. The largest absolute Gasteiger partial charge is 0.450 e. The maximum atomic E-state index is 13.5. The van der Waals surface area contributed by atoms with Gasteiger partial charge >= 0.3 is 0 Å². The van der Waals surface area contributed by atoms with Gasteiger partial charge in [-0.05, 0) is 42.3 Å². The third kappa shape index (κ3) is 3.99. The molecule has 0 saturated carbocycles. The van der Waals surface area contributed by atoms with Crippen LogP contribution in [0, 0.1) is 0 Å². The quantitative estimate of drug-likeness (QED) is 0.499. The number of hydrogen-bond donors (Lipinski definition) is 0. The van der Waals surface area contributed by atoms with E-state index in [1.54, 1.807) is 35.2 Å². The van der Waals surface area contributed by atoms with E-state index in [9.17, 15) is 9.59 Å². The fourth-order valence-electron chi connectivity index (χ4n) is 4.50. The summed E-state index contributed by atoms with van der Waals surface area (Å²) < 4.78 is 12.2. The molecule has 2 aromatic carbocycles. The lowest BCUT2D eigenvalue weighted by Crippen LogP contribution is -2.38. The SMILES string of the molecule is O=C1c2oc3ccc(Br)cc3c(=O)c2[C@@H](c2ccc(Cl)cc2)N1CCCN1CCOCC1. The molecule has 0 spiro atoms. The van der Waals surface area contributed by atoms with Crippen molar-refractivity contribution < 1.29 is 13.9 Å². The fraction of sp³-hybridized carbons (Fsp3) is 0.333. The second-order valence-electron chi connectivity index (χ2n) is 8.07. The van der Waals surface area contributed by atoms with Crippen molar-refractivity contribution in [3.05, 3.63) is 79.1 Å². The zero-order valence-electron chi connectivity index (χ0n) is 17.4. The van der Waals surface area contributed by atoms with Crippen LogP contribution in [0.4, 0.5) is 0 Å². The monoisotopic (exact) mass is 516 g/mol. The number of nitrogens with zero attached hydrogens (tertiary/aromatic N) is 2. The number of amides is 1. The van der Waals surface area contributed by atoms with Gasteiger partial charge in [0.1, 0.15) is 5.58 Å². The van der Waals surface area contributed by atoms with Gasteiger partial charge < -0.3 is 14.1 Å². The van der Waals surface area contributed by atoms with Crippen LogP contribution in [0.25, 0.3) is 11.0 Å². The van der Waals surface area contributed by atoms with Crippen molar-refractivity contribution in [2.24, 2.45) is 0 Å². The van der Waals surface area contributed by atoms with E-state index < -0.39 is 6.04 Å². The van der Waals surface area contributed by atoms with Gasteiger partial charge in [-0.25, -0.2) is 0 Å². The standard InChI is InChI=1S/C24H22BrClN2O4/c25-16-4-7-19-18(14-16)22(29)20-21(15-2-5-17(26)6-3-15)28(24(30)23(20)32-19)9-1-8-27-10-12-31-13-11-27/h2-7,14,21H,1,8-13H2/t21-/m1/s1. The van der Waals surface area contributed by atoms with Crippen LogP contribution in [-0.4, -0.2) is 55.1 Å². The average molecular weight is 518 g/mol. The van der Waals surface area contributed by atoms with Gasteiger partial charge in [-0.2, -0.15) is 0 Å². The molecule has 5 rings (SSSR count). The molecule has 1 amide bonds. The Hall–Kier alpha value is -2.19. The first-order valence-electron chi connectivity index (χ1n) is 10.7. The molecule has 0 N–H and O–H groups in total. The number of ether oxygens (including phenoxy) is 1. The molecule has 3 heterocycles. The molecule has 2 aliphatic heterocycles. The van der Waals surface area contributed by atoms with Gasteiger partial charge in [0.25, 0.3) is 5.91 Å². The lowest BCUT2D eigenvalue weighted by atomic mass is 9.98. The molecular weight excluding hydrogens is 496 g/mol. The van der Waals surface area contributed by atoms with E-state index in [4.69, 9.17) is 20.8 Å². The maximum absolute atomic E-state index is 13.5. The molecule has 1 atom stereocenters. The lowest BCUT2D eigenvalue weighted by molar-refractivity contribution is 0.0353. The van der Waals surface area contributed by atoms with E-state index in [0.717, 1.165) is 49.3 Å². The predicted octanol–water partition coefficient (Wildman–Crippen LogP) is 4.48. The van der Waals surface area contributed by atoms with Gasteiger partial charge in [0.05, 0.1) is 30.2 Å². The first-order chi connectivity index (χ1) is 15.5. The van der Waals surface area contributed by atoms with Crippen molar-refractivity contribution in [1.82, 2.24) is 9.80 Å². The highest BCUT2D eigenvalue weighted by atomic mass is 79.9. The van der Waals surface area contributed by atoms with Gasteiger partial charge in [-0.3, -0.25) is 14.5 Å². The summed E-state index contributed by atoms with van der Waals surface area (Å²) >= 11 is 9.52. The van der Waals surface area contributed by atoms with Crippen molar-refractivity contribution in [1.29, 1.82) is 0 Å². The van der Waals surface area contributed by atoms with Crippen LogP contribution in [0.5, 0.6) is 0 Å². The zero-order chi connectivity index (χ0) is 22.2. The van der Waals surface area contributed by atoms with Crippen LogP contribution in [0.2, 0.25) is 5.02 Å². The number of carbonyl (C=O) groups is 1. The Morgan fingerprint density at radius 1 is 1.03 bits per heavy atom. The summed E-state index contributed by atoms with van der Waals surface area (Å²) in [7, 11) is 0. The van der Waals surface area contributed by atoms with Gasteiger partial charge in [0, 0.05) is 35.7 Å². The number of hydrogen-bond acceptors (Lipinski definition) is 5. The number of morpholine rings is 1. The van der Waals surface area contributed by atoms with E-state index >= 15 is 0 Å². The summed E-state index contributed by atoms with van der Waals surface area (Å²) in [6.07, 6.45) is 0.795. The number of carbonyl (C=O) groups excluding carboxylic acids is 1.